The number of carbonyl (C=O) groups excluding carboxylic acids is 3. The summed E-state index contributed by atoms with van der Waals surface area (Å²) in [5.41, 5.74) is 6.34. The van der Waals surface area contributed by atoms with Crippen molar-refractivity contribution in [3.8, 4) is 0 Å². The number of phosphoric ester groups is 3. The molecule has 1 saturated heterocycles. The van der Waals surface area contributed by atoms with Crippen LogP contribution in [0.2, 0.25) is 0 Å². The van der Waals surface area contributed by atoms with Gasteiger partial charge in [-0.1, -0.05) is 29.8 Å². The fraction of sp³-hybridized carbons (Fsp3) is 0.515. The highest BCUT2D eigenvalue weighted by atomic mass is 79.9. The second-order valence-electron chi connectivity index (χ2n) is 14.7. The van der Waals surface area contributed by atoms with E-state index in [9.17, 15) is 57.9 Å². The highest BCUT2D eigenvalue weighted by Gasteiger charge is 2.50. The summed E-state index contributed by atoms with van der Waals surface area (Å²) in [4.78, 5) is 91.5. The molecule has 26 nitrogen and oxygen atoms in total. The van der Waals surface area contributed by atoms with Crippen LogP contribution in [0.25, 0.3) is 22.1 Å². The number of aliphatic hydroxyl groups is 2. The third kappa shape index (κ3) is 14.5. The highest BCUT2D eigenvalue weighted by molar-refractivity contribution is 9.10. The Balaban J connectivity index is 0.985. The van der Waals surface area contributed by atoms with Crippen LogP contribution in [0, 0.1) is 5.41 Å². The summed E-state index contributed by atoms with van der Waals surface area (Å²) in [6.45, 7) is 0.990. The number of amides is 3. The largest absolute Gasteiger partial charge is 0.481 e. The summed E-state index contributed by atoms with van der Waals surface area (Å²) < 4.78 is 63.3. The van der Waals surface area contributed by atoms with E-state index in [4.69, 9.17) is 19.5 Å². The maximum Gasteiger partial charge on any atom is 0.481 e. The first kappa shape index (κ1) is 51.6. The SMILES string of the molecule is CC(C)(COP(=O)(O)OP(=O)(O)OC[C@H]1O[C@@H](n2cnc3c(N)ncnc32)[C@H](O)[C@@H]1OP(=O)(O)O)[C@@H](O)C(=O)NCCC(=O)NCCSCC(=O)NCCc1c[nH]c2ccc(Br)cc12. The number of thioether (sulfide) groups is 1. The van der Waals surface area contributed by atoms with E-state index in [2.05, 4.69) is 60.7 Å². The molecule has 5 rings (SSSR count). The maximum atomic E-state index is 12.7. The van der Waals surface area contributed by atoms with Crippen molar-refractivity contribution in [2.45, 2.75) is 57.3 Å². The Morgan fingerprint density at radius 1 is 1.03 bits per heavy atom. The molecule has 12 N–H and O–H groups in total. The summed E-state index contributed by atoms with van der Waals surface area (Å²) in [6.07, 6.45) is -4.38. The first-order valence-corrected chi connectivity index (χ1v) is 25.4. The Morgan fingerprint density at radius 3 is 2.48 bits per heavy atom. The number of nitrogens with one attached hydrogen (secondary N) is 4. The molecule has 0 radical (unpaired) electrons. The predicted molar refractivity (Wildman–Crippen MR) is 230 cm³/mol. The molecule has 1 aliphatic heterocycles. The molecule has 0 bridgehead atoms. The molecule has 0 spiro atoms. The van der Waals surface area contributed by atoms with Crippen molar-refractivity contribution in [1.29, 1.82) is 0 Å². The topological polar surface area (TPSA) is 391 Å². The molecule has 1 aromatic carbocycles. The Hall–Kier alpha value is -3.40. The van der Waals surface area contributed by atoms with Crippen LogP contribution in [0.5, 0.6) is 0 Å². The number of ether oxygens (including phenoxy) is 1. The number of nitrogens with zero attached hydrogens (tertiary/aromatic N) is 4. The summed E-state index contributed by atoms with van der Waals surface area (Å²) in [5, 5.41) is 30.5. The van der Waals surface area contributed by atoms with Crippen molar-refractivity contribution in [2.24, 2.45) is 5.41 Å². The quantitative estimate of drug-likeness (QED) is 0.0340. The molecule has 1 fully saturated rings. The van der Waals surface area contributed by atoms with Gasteiger partial charge >= 0.3 is 23.5 Å². The van der Waals surface area contributed by atoms with Gasteiger partial charge in [-0.3, -0.25) is 32.5 Å². The van der Waals surface area contributed by atoms with Crippen LogP contribution in [0.1, 0.15) is 32.1 Å². The van der Waals surface area contributed by atoms with Crippen LogP contribution < -0.4 is 21.7 Å². The van der Waals surface area contributed by atoms with Crippen molar-refractivity contribution < 1.29 is 80.5 Å². The fourth-order valence-corrected chi connectivity index (χ4v) is 9.98. The number of phosphoric acid groups is 3. The maximum absolute atomic E-state index is 12.7. The Labute approximate surface area is 376 Å². The number of rotatable bonds is 24. The molecule has 3 amide bonds. The van der Waals surface area contributed by atoms with Crippen LogP contribution >= 0.6 is 51.2 Å². The van der Waals surface area contributed by atoms with Gasteiger partial charge in [-0.2, -0.15) is 16.1 Å². The van der Waals surface area contributed by atoms with Crippen LogP contribution in [0.15, 0.2) is 41.5 Å². The van der Waals surface area contributed by atoms with Gasteiger partial charge < -0.3 is 61.2 Å². The number of nitrogen functional groups attached to an aromatic ring is 1. The number of nitrogens with two attached hydrogens (primary N) is 1. The number of hydrogen-bond acceptors (Lipinski definition) is 18. The normalized spacial score (nSPS) is 20.5. The first-order chi connectivity index (χ1) is 29.9. The molecular weight excluding hydrogens is 999 g/mol. The molecule has 4 heterocycles. The number of benzene rings is 1. The number of aromatic nitrogens is 5. The minimum absolute atomic E-state index is 0.0284. The molecule has 64 heavy (non-hydrogen) atoms. The summed E-state index contributed by atoms with van der Waals surface area (Å²) in [5.74, 6) is -0.960. The molecule has 7 atom stereocenters. The zero-order chi connectivity index (χ0) is 47.0. The number of aliphatic hydroxyl groups excluding tert-OH is 2. The molecule has 2 unspecified atom stereocenters. The van der Waals surface area contributed by atoms with Gasteiger partial charge in [0.25, 0.3) is 0 Å². The van der Waals surface area contributed by atoms with Crippen LogP contribution in [-0.4, -0.2) is 141 Å². The van der Waals surface area contributed by atoms with Gasteiger partial charge in [-0.05, 0) is 30.2 Å². The van der Waals surface area contributed by atoms with Crippen molar-refractivity contribution in [3.63, 3.8) is 0 Å². The van der Waals surface area contributed by atoms with E-state index in [0.717, 1.165) is 38.2 Å². The Morgan fingerprint density at radius 2 is 1.75 bits per heavy atom. The molecule has 354 valence electrons. The number of fused-ring (bicyclic) bond motifs is 2. The number of imidazole rings is 1. The average molecular weight is 1050 g/mol. The van der Waals surface area contributed by atoms with Gasteiger partial charge in [0.15, 0.2) is 17.7 Å². The second-order valence-corrected chi connectivity index (χ2v) is 21.0. The van der Waals surface area contributed by atoms with Gasteiger partial charge in [-0.25, -0.2) is 28.6 Å². The van der Waals surface area contributed by atoms with E-state index in [1.165, 1.54) is 25.6 Å². The van der Waals surface area contributed by atoms with Crippen LogP contribution in [-0.2, 0) is 57.1 Å². The molecule has 31 heteroatoms. The molecule has 0 aliphatic carbocycles. The van der Waals surface area contributed by atoms with E-state index >= 15 is 0 Å². The van der Waals surface area contributed by atoms with E-state index in [0.29, 0.717) is 18.7 Å². The lowest BCUT2D eigenvalue weighted by atomic mass is 9.87. The monoisotopic (exact) mass is 1050 g/mol. The standard InChI is InChI=1S/C33H47BrN9O17P3S/c1-33(2,28(47)31(48)38-8-6-23(44)37-9-10-64-14-24(45)36-7-5-18-12-39-21-4-3-19(34)11-20(18)21)15-57-63(54,55)60-62(52,53)56-13-22-27(59-61(49,50)51)26(46)32(58-22)43-17-42-25-29(35)40-16-41-30(25)43/h3-4,11-12,16-17,22,26-28,32,39,46-47H,5-10,13-15H2,1-2H3,(H,36,45)(H,37,44)(H,38,48)(H,52,53)(H,54,55)(H2,35,40,41)(H2,49,50,51)/t22-,26-,27-,28+,32-/m1/s1. The number of anilines is 1. The van der Waals surface area contributed by atoms with Gasteiger partial charge in [-0.15, -0.1) is 0 Å². The Bertz CT molecular complexity index is 2440. The number of carbonyl (C=O) groups is 3. The van der Waals surface area contributed by atoms with E-state index in [1.54, 1.807) is 0 Å². The highest BCUT2D eigenvalue weighted by Crippen LogP contribution is 2.61. The van der Waals surface area contributed by atoms with E-state index in [-0.39, 0.29) is 48.2 Å². The third-order valence-corrected chi connectivity index (χ3v) is 13.9. The van der Waals surface area contributed by atoms with Crippen molar-refractivity contribution in [1.82, 2.24) is 40.5 Å². The second kappa shape index (κ2) is 21.9. The van der Waals surface area contributed by atoms with Gasteiger partial charge in [0, 0.05) is 58.8 Å². The zero-order valence-electron chi connectivity index (χ0n) is 33.9. The number of aromatic amines is 1. The lowest BCUT2D eigenvalue weighted by Crippen LogP contribution is -2.46. The average Bonchev–Trinajstić information content (AvgIpc) is 3.90. The predicted octanol–water partition coefficient (Wildman–Crippen LogP) is 0.741. The summed E-state index contributed by atoms with van der Waals surface area (Å²) >= 11 is 4.79. The minimum Gasteiger partial charge on any atom is -0.386 e. The molecule has 0 saturated carbocycles. The number of halogens is 1. The molecular formula is C33H47BrN9O17P3S. The smallest absolute Gasteiger partial charge is 0.386 e. The minimum atomic E-state index is -5.58. The lowest BCUT2D eigenvalue weighted by molar-refractivity contribution is -0.137. The van der Waals surface area contributed by atoms with Gasteiger partial charge in [0.05, 0.1) is 25.3 Å². The van der Waals surface area contributed by atoms with Gasteiger partial charge in [0.2, 0.25) is 17.7 Å². The fourth-order valence-electron chi connectivity index (χ4n) is 6.11. The van der Waals surface area contributed by atoms with Crippen molar-refractivity contribution in [2.75, 3.05) is 50.1 Å². The van der Waals surface area contributed by atoms with Crippen LogP contribution in [0.4, 0.5) is 5.82 Å². The number of H-pyrrole nitrogens is 1. The van der Waals surface area contributed by atoms with Crippen LogP contribution in [0.3, 0.4) is 0 Å². The Kier molecular flexibility index (Phi) is 17.7. The molecule has 3 aromatic heterocycles. The number of hydrogen-bond donors (Lipinski definition) is 11. The third-order valence-electron chi connectivity index (χ3n) is 9.33. The van der Waals surface area contributed by atoms with Gasteiger partial charge in [0.1, 0.15) is 36.3 Å². The zero-order valence-corrected chi connectivity index (χ0v) is 39.0. The summed E-state index contributed by atoms with van der Waals surface area (Å²) in [6, 6.07) is 5.92. The molecule has 1 aliphatic rings. The van der Waals surface area contributed by atoms with E-state index < -0.39 is 84.6 Å². The summed E-state index contributed by atoms with van der Waals surface area (Å²) in [7, 11) is -16.4. The van der Waals surface area contributed by atoms with E-state index in [1.807, 2.05) is 24.4 Å². The first-order valence-electron chi connectivity index (χ1n) is 18.9. The van der Waals surface area contributed by atoms with Crippen molar-refractivity contribution in [3.05, 3.63) is 47.1 Å². The molecule has 4 aromatic rings. The van der Waals surface area contributed by atoms with Crippen molar-refractivity contribution >= 4 is 96.8 Å². The lowest BCUT2D eigenvalue weighted by Gasteiger charge is -2.30.